The molecule has 0 aromatic heterocycles. The number of nitrogens with one attached hydrogen (secondary N) is 1. The van der Waals surface area contributed by atoms with Crippen LogP contribution in [0, 0.1) is 5.41 Å². The Kier molecular flexibility index (Phi) is 7.03. The fourth-order valence-electron chi connectivity index (χ4n) is 2.35. The summed E-state index contributed by atoms with van der Waals surface area (Å²) in [6.45, 7) is 12.9. The molecule has 1 rings (SSSR count). The van der Waals surface area contributed by atoms with E-state index in [1.165, 1.54) is 11.3 Å². The van der Waals surface area contributed by atoms with Gasteiger partial charge in [0.1, 0.15) is 0 Å². The van der Waals surface area contributed by atoms with Crippen molar-refractivity contribution in [1.29, 1.82) is 0 Å². The molecule has 0 radical (unpaired) electrons. The molecule has 0 atom stereocenters. The molecule has 0 aliphatic carbocycles. The van der Waals surface area contributed by atoms with E-state index in [9.17, 15) is 0 Å². The molecule has 0 fully saturated rings. The first kappa shape index (κ1) is 17.0. The van der Waals surface area contributed by atoms with Gasteiger partial charge in [0.05, 0.1) is 0 Å². The Hall–Kier alpha value is -1.06. The van der Waals surface area contributed by atoms with Crippen LogP contribution in [0.3, 0.4) is 0 Å². The number of aliphatic hydroxyl groups excluding tert-OH is 1. The monoisotopic (exact) mass is 278 g/mol. The Bertz CT molecular complexity index is 369. The maximum atomic E-state index is 9.02. The first-order chi connectivity index (χ1) is 9.52. The SMILES string of the molecule is CCN(CC)c1ccc(CNCC(C)(C)CCO)cc1. The fourth-order valence-corrected chi connectivity index (χ4v) is 2.35. The molecular formula is C17H30N2O. The maximum absolute atomic E-state index is 9.02. The zero-order valence-electron chi connectivity index (χ0n) is 13.4. The molecule has 0 spiro atoms. The Morgan fingerprint density at radius 2 is 1.70 bits per heavy atom. The van der Waals surface area contributed by atoms with E-state index in [0.29, 0.717) is 0 Å². The van der Waals surface area contributed by atoms with Crippen molar-refractivity contribution >= 4 is 5.69 Å². The molecule has 3 nitrogen and oxygen atoms in total. The minimum absolute atomic E-state index is 0.149. The van der Waals surface area contributed by atoms with Crippen molar-refractivity contribution in [2.75, 3.05) is 31.1 Å². The minimum atomic E-state index is 0.149. The predicted octanol–water partition coefficient (Wildman–Crippen LogP) is 3.03. The van der Waals surface area contributed by atoms with Crippen LogP contribution >= 0.6 is 0 Å². The van der Waals surface area contributed by atoms with Crippen molar-refractivity contribution in [2.45, 2.75) is 40.7 Å². The second kappa shape index (κ2) is 8.28. The predicted molar refractivity (Wildman–Crippen MR) is 87.2 cm³/mol. The van der Waals surface area contributed by atoms with Crippen LogP contribution in [0.1, 0.15) is 39.7 Å². The zero-order chi connectivity index (χ0) is 15.0. The summed E-state index contributed by atoms with van der Waals surface area (Å²) in [5.74, 6) is 0. The highest BCUT2D eigenvalue weighted by molar-refractivity contribution is 5.47. The number of hydrogen-bond donors (Lipinski definition) is 2. The normalized spacial score (nSPS) is 11.7. The summed E-state index contributed by atoms with van der Waals surface area (Å²) in [4.78, 5) is 2.35. The van der Waals surface area contributed by atoms with Crippen molar-refractivity contribution in [3.63, 3.8) is 0 Å². The summed E-state index contributed by atoms with van der Waals surface area (Å²) in [5, 5.41) is 12.5. The third kappa shape index (κ3) is 5.51. The van der Waals surface area contributed by atoms with Crippen LogP contribution in [0.15, 0.2) is 24.3 Å². The van der Waals surface area contributed by atoms with Gasteiger partial charge in [-0.3, -0.25) is 0 Å². The summed E-state index contributed by atoms with van der Waals surface area (Å²) >= 11 is 0. The molecule has 0 unspecified atom stereocenters. The molecule has 0 amide bonds. The molecule has 0 bridgehead atoms. The van der Waals surface area contributed by atoms with E-state index in [2.05, 4.69) is 62.2 Å². The molecule has 0 aliphatic heterocycles. The molecule has 114 valence electrons. The number of nitrogens with zero attached hydrogens (tertiary/aromatic N) is 1. The van der Waals surface area contributed by atoms with Gasteiger partial charge in [-0.25, -0.2) is 0 Å². The summed E-state index contributed by atoms with van der Waals surface area (Å²) in [6, 6.07) is 8.78. The van der Waals surface area contributed by atoms with Crippen LogP contribution in [0.4, 0.5) is 5.69 Å². The van der Waals surface area contributed by atoms with Gasteiger partial charge in [0.2, 0.25) is 0 Å². The topological polar surface area (TPSA) is 35.5 Å². The van der Waals surface area contributed by atoms with Crippen LogP contribution in [0.5, 0.6) is 0 Å². The molecule has 3 heteroatoms. The van der Waals surface area contributed by atoms with Gasteiger partial charge in [-0.1, -0.05) is 26.0 Å². The lowest BCUT2D eigenvalue weighted by Gasteiger charge is -2.24. The lowest BCUT2D eigenvalue weighted by Crippen LogP contribution is -2.29. The molecule has 1 aromatic carbocycles. The standard InChI is InChI=1S/C17H30N2O/c1-5-19(6-2)16-9-7-15(8-10-16)13-18-14-17(3,4)11-12-20/h7-10,18,20H,5-6,11-14H2,1-4H3. The highest BCUT2D eigenvalue weighted by Crippen LogP contribution is 2.19. The Morgan fingerprint density at radius 1 is 1.10 bits per heavy atom. The summed E-state index contributed by atoms with van der Waals surface area (Å²) < 4.78 is 0. The molecular weight excluding hydrogens is 248 g/mol. The third-order valence-corrected chi connectivity index (χ3v) is 3.79. The van der Waals surface area contributed by atoms with Crippen LogP contribution in [0.25, 0.3) is 0 Å². The summed E-state index contributed by atoms with van der Waals surface area (Å²) in [6.07, 6.45) is 0.834. The summed E-state index contributed by atoms with van der Waals surface area (Å²) in [7, 11) is 0. The van der Waals surface area contributed by atoms with Crippen molar-refractivity contribution in [3.8, 4) is 0 Å². The van der Waals surface area contributed by atoms with E-state index < -0.39 is 0 Å². The van der Waals surface area contributed by atoms with Crippen LogP contribution in [0.2, 0.25) is 0 Å². The molecule has 20 heavy (non-hydrogen) atoms. The van der Waals surface area contributed by atoms with Gasteiger partial charge in [0, 0.05) is 38.5 Å². The number of rotatable bonds is 9. The van der Waals surface area contributed by atoms with Crippen molar-refractivity contribution in [2.24, 2.45) is 5.41 Å². The van der Waals surface area contributed by atoms with Gasteiger partial charge in [-0.05, 0) is 43.4 Å². The van der Waals surface area contributed by atoms with E-state index in [1.807, 2.05) is 0 Å². The van der Waals surface area contributed by atoms with Gasteiger partial charge in [0.25, 0.3) is 0 Å². The highest BCUT2D eigenvalue weighted by atomic mass is 16.3. The first-order valence-electron chi connectivity index (χ1n) is 7.68. The van der Waals surface area contributed by atoms with Crippen LogP contribution in [-0.2, 0) is 6.54 Å². The van der Waals surface area contributed by atoms with E-state index in [-0.39, 0.29) is 12.0 Å². The van der Waals surface area contributed by atoms with Crippen molar-refractivity contribution < 1.29 is 5.11 Å². The molecule has 0 saturated heterocycles. The Morgan fingerprint density at radius 3 is 2.20 bits per heavy atom. The number of aliphatic hydroxyl groups is 1. The lowest BCUT2D eigenvalue weighted by molar-refractivity contribution is 0.207. The van der Waals surface area contributed by atoms with Gasteiger partial charge < -0.3 is 15.3 Å². The van der Waals surface area contributed by atoms with Crippen LogP contribution < -0.4 is 10.2 Å². The number of benzene rings is 1. The number of anilines is 1. The second-order valence-electron chi connectivity index (χ2n) is 6.08. The van der Waals surface area contributed by atoms with Gasteiger partial charge in [0.15, 0.2) is 0 Å². The van der Waals surface area contributed by atoms with E-state index in [4.69, 9.17) is 5.11 Å². The van der Waals surface area contributed by atoms with Crippen molar-refractivity contribution in [3.05, 3.63) is 29.8 Å². The Labute approximate surface area is 124 Å². The molecule has 0 aliphatic rings. The smallest absolute Gasteiger partial charge is 0.0436 e. The molecule has 2 N–H and O–H groups in total. The first-order valence-corrected chi connectivity index (χ1v) is 7.68. The maximum Gasteiger partial charge on any atom is 0.0436 e. The third-order valence-electron chi connectivity index (χ3n) is 3.79. The van der Waals surface area contributed by atoms with Gasteiger partial charge in [-0.15, -0.1) is 0 Å². The average Bonchev–Trinajstić information content (AvgIpc) is 2.41. The van der Waals surface area contributed by atoms with E-state index in [1.54, 1.807) is 0 Å². The molecule has 0 heterocycles. The molecule has 0 saturated carbocycles. The average molecular weight is 278 g/mol. The Balaban J connectivity index is 2.46. The van der Waals surface area contributed by atoms with E-state index >= 15 is 0 Å². The largest absolute Gasteiger partial charge is 0.396 e. The zero-order valence-corrected chi connectivity index (χ0v) is 13.4. The van der Waals surface area contributed by atoms with Crippen LogP contribution in [-0.4, -0.2) is 31.3 Å². The number of hydrogen-bond acceptors (Lipinski definition) is 3. The highest BCUT2D eigenvalue weighted by Gasteiger charge is 2.16. The second-order valence-corrected chi connectivity index (χ2v) is 6.08. The van der Waals surface area contributed by atoms with Crippen molar-refractivity contribution in [1.82, 2.24) is 5.32 Å². The van der Waals surface area contributed by atoms with E-state index in [0.717, 1.165) is 32.6 Å². The lowest BCUT2D eigenvalue weighted by atomic mass is 9.90. The minimum Gasteiger partial charge on any atom is -0.396 e. The van der Waals surface area contributed by atoms with Gasteiger partial charge >= 0.3 is 0 Å². The quantitative estimate of drug-likeness (QED) is 0.729. The molecule has 1 aromatic rings. The van der Waals surface area contributed by atoms with Gasteiger partial charge in [-0.2, -0.15) is 0 Å². The summed E-state index contributed by atoms with van der Waals surface area (Å²) in [5.41, 5.74) is 2.75. The fraction of sp³-hybridized carbons (Fsp3) is 0.647.